The fourth-order valence-corrected chi connectivity index (χ4v) is 2.10. The molecule has 0 unspecified atom stereocenters. The molecule has 0 N–H and O–H groups in total. The number of rotatable bonds is 0. The molecule has 1 aliphatic rings. The van der Waals surface area contributed by atoms with Crippen LogP contribution in [0.1, 0.15) is 26.3 Å². The topological polar surface area (TPSA) is 43.4 Å². The molecule has 0 bridgehead atoms. The number of allylic oxidation sites excluding steroid dienone is 1. The van der Waals surface area contributed by atoms with Crippen LogP contribution < -0.4 is 4.74 Å². The fraction of sp³-hybridized carbons (Fsp3) is 0. The minimum Gasteiger partial charge on any atom is -0.422 e. The summed E-state index contributed by atoms with van der Waals surface area (Å²) < 4.78 is 5.33. The maximum Gasteiger partial charge on any atom is 0.344 e. The minimum atomic E-state index is -0.524. The summed E-state index contributed by atoms with van der Waals surface area (Å²) in [5.41, 5.74) is 1.47. The second-order valence-electron chi connectivity index (χ2n) is 4.24. The van der Waals surface area contributed by atoms with Crippen LogP contribution in [0.3, 0.4) is 0 Å². The van der Waals surface area contributed by atoms with Crippen molar-refractivity contribution in [2.24, 2.45) is 0 Å². The van der Waals surface area contributed by atoms with Crippen LogP contribution in [0.4, 0.5) is 0 Å². The molecule has 19 heavy (non-hydrogen) atoms. The summed E-state index contributed by atoms with van der Waals surface area (Å²) in [5, 5.41) is 0. The van der Waals surface area contributed by atoms with E-state index in [0.29, 0.717) is 22.4 Å². The third kappa shape index (κ3) is 1.76. The predicted molar refractivity (Wildman–Crippen MR) is 71.2 cm³/mol. The molecule has 3 nitrogen and oxygen atoms in total. The maximum absolute atomic E-state index is 12.4. The highest BCUT2D eigenvalue weighted by Gasteiger charge is 2.26. The second-order valence-corrected chi connectivity index (χ2v) is 4.24. The number of fused-ring (bicyclic) bond motifs is 2. The normalized spacial score (nSPS) is 14.0. The third-order valence-electron chi connectivity index (χ3n) is 3.08. The molecule has 2 aromatic rings. The van der Waals surface area contributed by atoms with E-state index >= 15 is 0 Å². The van der Waals surface area contributed by atoms with Crippen LogP contribution in [0, 0.1) is 0 Å². The van der Waals surface area contributed by atoms with E-state index in [0.717, 1.165) is 0 Å². The molecular weight excluding hydrogens is 240 g/mol. The van der Waals surface area contributed by atoms with Gasteiger partial charge in [0.1, 0.15) is 5.75 Å². The molecule has 3 heteroatoms. The van der Waals surface area contributed by atoms with Gasteiger partial charge in [-0.25, -0.2) is 4.79 Å². The first-order valence-corrected chi connectivity index (χ1v) is 5.82. The van der Waals surface area contributed by atoms with Gasteiger partial charge in [-0.2, -0.15) is 0 Å². The standard InChI is InChI=1S/C16H10O3/c1-10-11-6-4-5-9-14(11)19-16(18)13-8-3-2-7-12(13)15(10)17/h2-9H,1H2. The van der Waals surface area contributed by atoms with Crippen LogP contribution in [0.5, 0.6) is 5.75 Å². The molecular formula is C16H10O3. The lowest BCUT2D eigenvalue weighted by Crippen LogP contribution is -2.18. The quantitative estimate of drug-likeness (QED) is 0.410. The number of para-hydroxylation sites is 1. The Labute approximate surface area is 110 Å². The van der Waals surface area contributed by atoms with Crippen molar-refractivity contribution < 1.29 is 14.3 Å². The van der Waals surface area contributed by atoms with Crippen molar-refractivity contribution in [2.45, 2.75) is 0 Å². The van der Waals surface area contributed by atoms with E-state index in [-0.39, 0.29) is 11.3 Å². The van der Waals surface area contributed by atoms with Gasteiger partial charge in [0.05, 0.1) is 5.56 Å². The van der Waals surface area contributed by atoms with E-state index in [1.54, 1.807) is 48.5 Å². The van der Waals surface area contributed by atoms with E-state index < -0.39 is 5.97 Å². The van der Waals surface area contributed by atoms with Crippen LogP contribution in [0.15, 0.2) is 55.1 Å². The molecule has 0 atom stereocenters. The minimum absolute atomic E-state index is 0.250. The summed E-state index contributed by atoms with van der Waals surface area (Å²) in [6, 6.07) is 13.5. The number of ketones is 1. The van der Waals surface area contributed by atoms with E-state index in [9.17, 15) is 9.59 Å². The highest BCUT2D eigenvalue weighted by molar-refractivity contribution is 6.31. The van der Waals surface area contributed by atoms with E-state index in [2.05, 4.69) is 6.58 Å². The summed E-state index contributed by atoms with van der Waals surface area (Å²) >= 11 is 0. The summed E-state index contributed by atoms with van der Waals surface area (Å²) in [5.74, 6) is -0.413. The molecule has 1 aliphatic heterocycles. The molecule has 3 rings (SSSR count). The Morgan fingerprint density at radius 3 is 2.11 bits per heavy atom. The van der Waals surface area contributed by atoms with Gasteiger partial charge in [0.2, 0.25) is 0 Å². The summed E-state index contributed by atoms with van der Waals surface area (Å²) in [6.07, 6.45) is 0. The molecule has 0 amide bonds. The molecule has 0 saturated heterocycles. The Bertz CT molecular complexity index is 713. The van der Waals surface area contributed by atoms with Crippen molar-refractivity contribution in [3.05, 3.63) is 71.8 Å². The number of Topliss-reactive ketones (excluding diaryl/α,β-unsaturated/α-hetero) is 1. The Hall–Kier alpha value is -2.68. The molecule has 0 fully saturated rings. The number of benzene rings is 2. The van der Waals surface area contributed by atoms with Crippen LogP contribution in [-0.2, 0) is 0 Å². The first-order chi connectivity index (χ1) is 9.18. The van der Waals surface area contributed by atoms with Crippen molar-refractivity contribution >= 4 is 17.3 Å². The Morgan fingerprint density at radius 2 is 1.37 bits per heavy atom. The Kier molecular flexibility index (Phi) is 2.53. The first-order valence-electron chi connectivity index (χ1n) is 5.82. The number of carbonyl (C=O) groups excluding carboxylic acids is 2. The van der Waals surface area contributed by atoms with Crippen LogP contribution in [0.2, 0.25) is 0 Å². The molecule has 0 radical (unpaired) electrons. The molecule has 1 heterocycles. The van der Waals surface area contributed by atoms with Gasteiger partial charge >= 0.3 is 5.97 Å². The largest absolute Gasteiger partial charge is 0.422 e. The van der Waals surface area contributed by atoms with Gasteiger partial charge < -0.3 is 4.74 Å². The van der Waals surface area contributed by atoms with Gasteiger partial charge in [0.25, 0.3) is 0 Å². The smallest absolute Gasteiger partial charge is 0.344 e. The first kappa shape index (κ1) is 11.4. The van der Waals surface area contributed by atoms with Crippen molar-refractivity contribution in [3.63, 3.8) is 0 Å². The van der Waals surface area contributed by atoms with Gasteiger partial charge in [-0.15, -0.1) is 0 Å². The van der Waals surface area contributed by atoms with E-state index in [1.165, 1.54) is 0 Å². The number of carbonyl (C=O) groups is 2. The molecule has 92 valence electrons. The van der Waals surface area contributed by atoms with Gasteiger partial charge in [-0.05, 0) is 12.1 Å². The van der Waals surface area contributed by atoms with Crippen LogP contribution in [0.25, 0.3) is 5.57 Å². The SMILES string of the molecule is C=C1C(=O)c2ccccc2C(=O)Oc2ccccc21. The van der Waals surface area contributed by atoms with Gasteiger partial charge in [-0.3, -0.25) is 4.79 Å². The third-order valence-corrected chi connectivity index (χ3v) is 3.08. The summed E-state index contributed by atoms with van der Waals surface area (Å²) in [7, 11) is 0. The maximum atomic E-state index is 12.4. The lowest BCUT2D eigenvalue weighted by atomic mass is 9.93. The highest BCUT2D eigenvalue weighted by Crippen LogP contribution is 2.31. The predicted octanol–water partition coefficient (Wildman–Crippen LogP) is 3.12. The monoisotopic (exact) mass is 250 g/mol. The van der Waals surface area contributed by atoms with Crippen molar-refractivity contribution in [2.75, 3.05) is 0 Å². The summed E-state index contributed by atoms with van der Waals surface area (Å²) in [6.45, 7) is 3.82. The van der Waals surface area contributed by atoms with E-state index in [1.807, 2.05) is 0 Å². The molecule has 2 aromatic carbocycles. The van der Waals surface area contributed by atoms with Gasteiger partial charge in [-0.1, -0.05) is 43.0 Å². The number of hydrogen-bond donors (Lipinski definition) is 0. The molecule has 0 aromatic heterocycles. The number of ether oxygens (including phenoxy) is 1. The zero-order valence-electron chi connectivity index (χ0n) is 10.1. The van der Waals surface area contributed by atoms with Gasteiger partial charge in [0, 0.05) is 16.7 Å². The van der Waals surface area contributed by atoms with Crippen LogP contribution in [-0.4, -0.2) is 11.8 Å². The lowest BCUT2D eigenvalue weighted by Gasteiger charge is -2.17. The fourth-order valence-electron chi connectivity index (χ4n) is 2.10. The highest BCUT2D eigenvalue weighted by atomic mass is 16.5. The average Bonchev–Trinajstić information content (AvgIpc) is 2.45. The van der Waals surface area contributed by atoms with Crippen molar-refractivity contribution in [1.29, 1.82) is 0 Å². The molecule has 0 saturated carbocycles. The zero-order chi connectivity index (χ0) is 13.4. The average molecular weight is 250 g/mol. The Morgan fingerprint density at radius 1 is 0.789 bits per heavy atom. The molecule has 0 aliphatic carbocycles. The van der Waals surface area contributed by atoms with Gasteiger partial charge in [0.15, 0.2) is 5.78 Å². The Balaban J connectivity index is 2.25. The second kappa shape index (κ2) is 4.21. The van der Waals surface area contributed by atoms with Crippen molar-refractivity contribution in [1.82, 2.24) is 0 Å². The zero-order valence-corrected chi connectivity index (χ0v) is 10.1. The van der Waals surface area contributed by atoms with Crippen molar-refractivity contribution in [3.8, 4) is 5.75 Å². The summed E-state index contributed by atoms with van der Waals surface area (Å²) in [4.78, 5) is 24.5. The van der Waals surface area contributed by atoms with E-state index in [4.69, 9.17) is 4.74 Å². The van der Waals surface area contributed by atoms with Crippen LogP contribution >= 0.6 is 0 Å². The number of hydrogen-bond acceptors (Lipinski definition) is 3. The molecule has 0 spiro atoms. The number of esters is 1. The lowest BCUT2D eigenvalue weighted by molar-refractivity contribution is 0.0728.